The molecule has 0 aliphatic carbocycles. The summed E-state index contributed by atoms with van der Waals surface area (Å²) < 4.78 is 0. The van der Waals surface area contributed by atoms with Gasteiger partial charge in [-0.15, -0.1) is 11.3 Å². The smallest absolute Gasteiger partial charge is 0.267 e. The van der Waals surface area contributed by atoms with Crippen LogP contribution in [0.2, 0.25) is 0 Å². The molecule has 1 aromatic carbocycles. The van der Waals surface area contributed by atoms with E-state index in [1.54, 1.807) is 18.3 Å². The van der Waals surface area contributed by atoms with E-state index in [9.17, 15) is 10.1 Å². The lowest BCUT2D eigenvalue weighted by Crippen LogP contribution is -2.36. The van der Waals surface area contributed by atoms with Crippen LogP contribution in [0.5, 0.6) is 0 Å². The number of benzene rings is 1. The van der Waals surface area contributed by atoms with Crippen LogP contribution in [0.4, 0.5) is 0 Å². The Hall–Kier alpha value is -2.62. The number of amides is 1. The van der Waals surface area contributed by atoms with Gasteiger partial charge in [0.2, 0.25) is 0 Å². The van der Waals surface area contributed by atoms with Gasteiger partial charge in [-0.1, -0.05) is 42.5 Å². The molecule has 1 aliphatic rings. The minimum atomic E-state index is -0.444. The van der Waals surface area contributed by atoms with Crippen molar-refractivity contribution in [1.82, 2.24) is 10.3 Å². The number of aromatic nitrogens is 1. The standard InChI is InChI=1S/C18H13N3OS2/c1-10-13(18(23)21-17(22)14(10)9-19)8-15-16(20-11(2)24-15)12-6-4-3-5-7-12/h3-8H,1-2H3,(H,21,22,23)/b13-8-. The molecule has 3 rings (SSSR count). The Kier molecular flexibility index (Phi) is 4.38. The van der Waals surface area contributed by atoms with E-state index < -0.39 is 5.91 Å². The number of thiazole rings is 1. The highest BCUT2D eigenvalue weighted by molar-refractivity contribution is 7.80. The Morgan fingerprint density at radius 2 is 2.00 bits per heavy atom. The fourth-order valence-electron chi connectivity index (χ4n) is 2.49. The normalized spacial score (nSPS) is 16.3. The first kappa shape index (κ1) is 16.2. The molecule has 0 spiro atoms. The van der Waals surface area contributed by atoms with Crippen molar-refractivity contribution in [3.8, 4) is 17.3 Å². The molecule has 0 saturated carbocycles. The van der Waals surface area contributed by atoms with Gasteiger partial charge in [-0.25, -0.2) is 4.98 Å². The summed E-state index contributed by atoms with van der Waals surface area (Å²) in [5.41, 5.74) is 3.26. The molecule has 0 atom stereocenters. The second-order valence-electron chi connectivity index (χ2n) is 5.26. The monoisotopic (exact) mass is 351 g/mol. The number of carbonyl (C=O) groups excluding carboxylic acids is 1. The third kappa shape index (κ3) is 2.92. The highest BCUT2D eigenvalue weighted by Gasteiger charge is 2.25. The van der Waals surface area contributed by atoms with Crippen molar-refractivity contribution in [2.24, 2.45) is 0 Å². The van der Waals surface area contributed by atoms with E-state index >= 15 is 0 Å². The average molecular weight is 351 g/mol. The Balaban J connectivity index is 2.16. The summed E-state index contributed by atoms with van der Waals surface area (Å²) in [5, 5.41) is 12.7. The van der Waals surface area contributed by atoms with Crippen LogP contribution in [0, 0.1) is 18.3 Å². The molecular formula is C18H13N3OS2. The summed E-state index contributed by atoms with van der Waals surface area (Å²) >= 11 is 6.84. The lowest BCUT2D eigenvalue weighted by molar-refractivity contribution is -0.115. The number of nitrogens with zero attached hydrogens (tertiary/aromatic N) is 2. The van der Waals surface area contributed by atoms with Crippen molar-refractivity contribution >= 4 is 40.5 Å². The molecule has 1 aromatic heterocycles. The van der Waals surface area contributed by atoms with Crippen molar-refractivity contribution in [2.75, 3.05) is 0 Å². The van der Waals surface area contributed by atoms with E-state index in [-0.39, 0.29) is 5.57 Å². The predicted octanol–water partition coefficient (Wildman–Crippen LogP) is 3.80. The van der Waals surface area contributed by atoms with Crippen molar-refractivity contribution in [2.45, 2.75) is 13.8 Å². The number of hydrogen-bond acceptors (Lipinski definition) is 5. The van der Waals surface area contributed by atoms with Crippen LogP contribution < -0.4 is 5.32 Å². The maximum Gasteiger partial charge on any atom is 0.267 e. The van der Waals surface area contributed by atoms with Crippen molar-refractivity contribution in [3.05, 3.63) is 56.9 Å². The maximum absolute atomic E-state index is 11.8. The van der Waals surface area contributed by atoms with E-state index in [0.717, 1.165) is 21.1 Å². The number of thiocarbonyl (C=S) groups is 1. The van der Waals surface area contributed by atoms with Crippen LogP contribution in [0.15, 0.2) is 47.1 Å². The van der Waals surface area contributed by atoms with Gasteiger partial charge in [0.25, 0.3) is 5.91 Å². The van der Waals surface area contributed by atoms with E-state index in [1.807, 2.05) is 49.4 Å². The van der Waals surface area contributed by atoms with Gasteiger partial charge in [-0.2, -0.15) is 5.26 Å². The molecule has 0 fully saturated rings. The van der Waals surface area contributed by atoms with E-state index in [0.29, 0.717) is 16.1 Å². The lowest BCUT2D eigenvalue weighted by Gasteiger charge is -2.18. The van der Waals surface area contributed by atoms with Gasteiger partial charge in [0, 0.05) is 11.1 Å². The average Bonchev–Trinajstić information content (AvgIpc) is 2.93. The summed E-state index contributed by atoms with van der Waals surface area (Å²) in [7, 11) is 0. The van der Waals surface area contributed by atoms with Crippen LogP contribution in [0.3, 0.4) is 0 Å². The Bertz CT molecular complexity index is 946. The minimum Gasteiger partial charge on any atom is -0.312 e. The van der Waals surface area contributed by atoms with Gasteiger partial charge in [0.05, 0.1) is 15.6 Å². The zero-order valence-corrected chi connectivity index (χ0v) is 14.7. The molecule has 0 saturated heterocycles. The number of carbonyl (C=O) groups is 1. The predicted molar refractivity (Wildman–Crippen MR) is 99.3 cm³/mol. The quantitative estimate of drug-likeness (QED) is 0.660. The second-order valence-corrected chi connectivity index (χ2v) is 6.91. The zero-order chi connectivity index (χ0) is 17.3. The van der Waals surface area contributed by atoms with Crippen molar-refractivity contribution in [3.63, 3.8) is 0 Å². The molecule has 1 amide bonds. The topological polar surface area (TPSA) is 65.8 Å². The van der Waals surface area contributed by atoms with Gasteiger partial charge >= 0.3 is 0 Å². The molecule has 0 bridgehead atoms. The third-order valence-corrected chi connectivity index (χ3v) is 4.91. The SMILES string of the molecule is CC1=C(C#N)C(=O)NC(=S)/C1=C\c1sc(C)nc1-c1ccccc1. The summed E-state index contributed by atoms with van der Waals surface area (Å²) in [5.74, 6) is -0.444. The summed E-state index contributed by atoms with van der Waals surface area (Å²) in [4.78, 5) is 17.7. The highest BCUT2D eigenvalue weighted by atomic mass is 32.1. The number of nitrogens with one attached hydrogen (secondary N) is 1. The van der Waals surface area contributed by atoms with Gasteiger partial charge < -0.3 is 5.32 Å². The highest BCUT2D eigenvalue weighted by Crippen LogP contribution is 2.32. The molecule has 1 aliphatic heterocycles. The van der Waals surface area contributed by atoms with Gasteiger partial charge in [0.1, 0.15) is 16.6 Å². The zero-order valence-electron chi connectivity index (χ0n) is 13.1. The largest absolute Gasteiger partial charge is 0.312 e. The Morgan fingerprint density at radius 1 is 1.29 bits per heavy atom. The van der Waals surface area contributed by atoms with Crippen LogP contribution in [-0.2, 0) is 4.79 Å². The van der Waals surface area contributed by atoms with Crippen LogP contribution in [0.25, 0.3) is 17.3 Å². The number of nitriles is 1. The van der Waals surface area contributed by atoms with E-state index in [4.69, 9.17) is 12.2 Å². The second kappa shape index (κ2) is 6.48. The first-order valence-electron chi connectivity index (χ1n) is 7.23. The summed E-state index contributed by atoms with van der Waals surface area (Å²) in [6, 6.07) is 11.8. The molecule has 24 heavy (non-hydrogen) atoms. The maximum atomic E-state index is 11.8. The van der Waals surface area contributed by atoms with Gasteiger partial charge in [-0.3, -0.25) is 4.79 Å². The fraction of sp³-hybridized carbons (Fsp3) is 0.111. The van der Waals surface area contributed by atoms with E-state index in [2.05, 4.69) is 10.3 Å². The number of rotatable bonds is 2. The molecule has 1 N–H and O–H groups in total. The summed E-state index contributed by atoms with van der Waals surface area (Å²) in [6.07, 6.45) is 1.90. The fourth-order valence-corrected chi connectivity index (χ4v) is 3.69. The van der Waals surface area contributed by atoms with Crippen molar-refractivity contribution in [1.29, 1.82) is 5.26 Å². The van der Waals surface area contributed by atoms with E-state index in [1.165, 1.54) is 0 Å². The number of aryl methyl sites for hydroxylation is 1. The van der Waals surface area contributed by atoms with Crippen molar-refractivity contribution < 1.29 is 4.79 Å². The van der Waals surface area contributed by atoms with Crippen LogP contribution in [0.1, 0.15) is 16.8 Å². The van der Waals surface area contributed by atoms with Gasteiger partial charge in [-0.05, 0) is 25.5 Å². The molecule has 118 valence electrons. The molecule has 4 nitrogen and oxygen atoms in total. The molecular weight excluding hydrogens is 338 g/mol. The third-order valence-electron chi connectivity index (χ3n) is 3.67. The van der Waals surface area contributed by atoms with Crippen LogP contribution >= 0.6 is 23.6 Å². The molecule has 6 heteroatoms. The Morgan fingerprint density at radius 3 is 2.67 bits per heavy atom. The molecule has 0 unspecified atom stereocenters. The molecule has 0 radical (unpaired) electrons. The minimum absolute atomic E-state index is 0.0948. The Labute approximate surface area is 149 Å². The van der Waals surface area contributed by atoms with Crippen LogP contribution in [-0.4, -0.2) is 15.9 Å². The first-order chi connectivity index (χ1) is 11.5. The first-order valence-corrected chi connectivity index (χ1v) is 8.45. The molecule has 2 aromatic rings. The number of hydrogen-bond donors (Lipinski definition) is 1. The molecule has 2 heterocycles. The lowest BCUT2D eigenvalue weighted by atomic mass is 9.96. The summed E-state index contributed by atoms with van der Waals surface area (Å²) in [6.45, 7) is 3.69. The van der Waals surface area contributed by atoms with Gasteiger partial charge in [0.15, 0.2) is 0 Å².